The molecule has 1 aromatic carbocycles. The summed E-state index contributed by atoms with van der Waals surface area (Å²) in [5.74, 6) is 0.675. The van der Waals surface area contributed by atoms with E-state index in [0.29, 0.717) is 13.1 Å². The topological polar surface area (TPSA) is 56.6 Å². The van der Waals surface area contributed by atoms with Crippen molar-refractivity contribution >= 4 is 11.6 Å². The first-order valence-corrected chi connectivity index (χ1v) is 5.69. The van der Waals surface area contributed by atoms with E-state index in [4.69, 9.17) is 10.00 Å². The minimum atomic E-state index is -0.0509. The Morgan fingerprint density at radius 1 is 1.56 bits per heavy atom. The number of nitrogens with zero attached hydrogens (tertiary/aromatic N) is 3. The number of amides is 1. The second-order valence-electron chi connectivity index (χ2n) is 4.37. The number of anilines is 1. The summed E-state index contributed by atoms with van der Waals surface area (Å²) in [7, 11) is 3.63. The zero-order chi connectivity index (χ0) is 13.1. The maximum Gasteiger partial charge on any atom is 0.264 e. The van der Waals surface area contributed by atoms with Crippen LogP contribution in [0.2, 0.25) is 0 Å². The minimum absolute atomic E-state index is 0.0509. The number of nitriles is 1. The Hall–Kier alpha value is -2.06. The van der Waals surface area contributed by atoms with E-state index in [0.717, 1.165) is 17.0 Å². The SMILES string of the molecule is CN(CC#N)Cc1ccc2c(c1)N(C)C(=O)CO2. The van der Waals surface area contributed by atoms with Crippen molar-refractivity contribution in [3.8, 4) is 11.8 Å². The van der Waals surface area contributed by atoms with Gasteiger partial charge >= 0.3 is 0 Å². The van der Waals surface area contributed by atoms with Crippen LogP contribution in [0.15, 0.2) is 18.2 Å². The highest BCUT2D eigenvalue weighted by atomic mass is 16.5. The highest BCUT2D eigenvalue weighted by Gasteiger charge is 2.22. The fraction of sp³-hybridized carbons (Fsp3) is 0.385. The summed E-state index contributed by atoms with van der Waals surface area (Å²) < 4.78 is 5.36. The molecule has 1 aliphatic heterocycles. The molecule has 0 spiro atoms. The first kappa shape index (κ1) is 12.4. The van der Waals surface area contributed by atoms with Crippen LogP contribution in [0.1, 0.15) is 5.56 Å². The van der Waals surface area contributed by atoms with Crippen LogP contribution in [0.5, 0.6) is 5.75 Å². The molecule has 0 saturated carbocycles. The Bertz CT molecular complexity index is 507. The molecular weight excluding hydrogens is 230 g/mol. The van der Waals surface area contributed by atoms with E-state index >= 15 is 0 Å². The van der Waals surface area contributed by atoms with E-state index in [-0.39, 0.29) is 12.5 Å². The van der Waals surface area contributed by atoms with Gasteiger partial charge in [0.2, 0.25) is 0 Å². The van der Waals surface area contributed by atoms with Gasteiger partial charge in [0.1, 0.15) is 5.75 Å². The predicted octanol–water partition coefficient (Wildman–Crippen LogP) is 0.997. The second-order valence-corrected chi connectivity index (χ2v) is 4.37. The van der Waals surface area contributed by atoms with Crippen molar-refractivity contribution in [3.63, 3.8) is 0 Å². The summed E-state index contributed by atoms with van der Waals surface area (Å²) in [4.78, 5) is 15.1. The standard InChI is InChI=1S/C13H15N3O2/c1-15(6-5-14)8-10-3-4-12-11(7-10)16(2)13(17)9-18-12/h3-4,7H,6,8-9H2,1-2H3. The van der Waals surface area contributed by atoms with Gasteiger partial charge in [0.15, 0.2) is 6.61 Å². The van der Waals surface area contributed by atoms with Crippen LogP contribution in [0.3, 0.4) is 0 Å². The van der Waals surface area contributed by atoms with Gasteiger partial charge in [0, 0.05) is 13.6 Å². The molecule has 2 rings (SSSR count). The molecule has 1 heterocycles. The van der Waals surface area contributed by atoms with E-state index in [1.165, 1.54) is 0 Å². The zero-order valence-corrected chi connectivity index (χ0v) is 10.5. The summed E-state index contributed by atoms with van der Waals surface area (Å²) in [6.45, 7) is 1.14. The van der Waals surface area contributed by atoms with Crippen LogP contribution >= 0.6 is 0 Å². The molecule has 0 aromatic heterocycles. The van der Waals surface area contributed by atoms with E-state index in [2.05, 4.69) is 6.07 Å². The molecule has 5 nitrogen and oxygen atoms in total. The van der Waals surface area contributed by atoms with Gasteiger partial charge in [-0.2, -0.15) is 5.26 Å². The Labute approximate surface area is 106 Å². The first-order chi connectivity index (χ1) is 8.61. The van der Waals surface area contributed by atoms with E-state index in [1.807, 2.05) is 30.1 Å². The van der Waals surface area contributed by atoms with Crippen molar-refractivity contribution in [1.29, 1.82) is 5.26 Å². The third kappa shape index (κ3) is 2.44. The predicted molar refractivity (Wildman–Crippen MR) is 67.3 cm³/mol. The molecular formula is C13H15N3O2. The Kier molecular flexibility index (Phi) is 3.49. The maximum atomic E-state index is 11.5. The van der Waals surface area contributed by atoms with Gasteiger partial charge in [0.25, 0.3) is 5.91 Å². The molecule has 1 aromatic rings. The van der Waals surface area contributed by atoms with Crippen LogP contribution < -0.4 is 9.64 Å². The van der Waals surface area contributed by atoms with Crippen molar-refractivity contribution in [2.45, 2.75) is 6.54 Å². The molecule has 18 heavy (non-hydrogen) atoms. The monoisotopic (exact) mass is 245 g/mol. The van der Waals surface area contributed by atoms with Crippen molar-refractivity contribution in [2.75, 3.05) is 32.1 Å². The molecule has 0 fully saturated rings. The number of rotatable bonds is 3. The lowest BCUT2D eigenvalue weighted by atomic mass is 10.1. The van der Waals surface area contributed by atoms with Gasteiger partial charge in [-0.15, -0.1) is 0 Å². The zero-order valence-electron chi connectivity index (χ0n) is 10.5. The number of fused-ring (bicyclic) bond motifs is 1. The first-order valence-electron chi connectivity index (χ1n) is 5.69. The fourth-order valence-electron chi connectivity index (χ4n) is 1.90. The van der Waals surface area contributed by atoms with Crippen molar-refractivity contribution in [1.82, 2.24) is 4.90 Å². The van der Waals surface area contributed by atoms with Crippen molar-refractivity contribution in [2.24, 2.45) is 0 Å². The van der Waals surface area contributed by atoms with E-state index in [1.54, 1.807) is 11.9 Å². The molecule has 0 bridgehead atoms. The van der Waals surface area contributed by atoms with Gasteiger partial charge in [-0.25, -0.2) is 0 Å². The highest BCUT2D eigenvalue weighted by molar-refractivity contribution is 5.97. The van der Waals surface area contributed by atoms with Crippen LogP contribution in [-0.4, -0.2) is 38.1 Å². The molecule has 0 unspecified atom stereocenters. The number of hydrogen-bond acceptors (Lipinski definition) is 4. The summed E-state index contributed by atoms with van der Waals surface area (Å²) in [5.41, 5.74) is 1.84. The van der Waals surface area contributed by atoms with Gasteiger partial charge in [-0.3, -0.25) is 9.69 Å². The van der Waals surface area contributed by atoms with Crippen LogP contribution in [0.4, 0.5) is 5.69 Å². The molecule has 1 aliphatic rings. The number of carbonyl (C=O) groups excluding carboxylic acids is 1. The summed E-state index contributed by atoms with van der Waals surface area (Å²) in [5, 5.41) is 8.62. The van der Waals surface area contributed by atoms with Gasteiger partial charge in [-0.05, 0) is 24.7 Å². The molecule has 0 N–H and O–H groups in total. The molecule has 1 amide bonds. The smallest absolute Gasteiger partial charge is 0.264 e. The summed E-state index contributed by atoms with van der Waals surface area (Å²) in [6, 6.07) is 7.86. The Morgan fingerprint density at radius 2 is 2.33 bits per heavy atom. The third-order valence-corrected chi connectivity index (χ3v) is 2.90. The Morgan fingerprint density at radius 3 is 3.06 bits per heavy atom. The normalized spacial score (nSPS) is 14.1. The molecule has 94 valence electrons. The second kappa shape index (κ2) is 5.07. The van der Waals surface area contributed by atoms with E-state index in [9.17, 15) is 4.79 Å². The molecule has 0 radical (unpaired) electrons. The fourth-order valence-corrected chi connectivity index (χ4v) is 1.90. The molecule has 5 heteroatoms. The molecule has 0 atom stereocenters. The van der Waals surface area contributed by atoms with E-state index < -0.39 is 0 Å². The number of benzene rings is 1. The van der Waals surface area contributed by atoms with Crippen LogP contribution in [0.25, 0.3) is 0 Å². The largest absolute Gasteiger partial charge is 0.482 e. The van der Waals surface area contributed by atoms with Crippen LogP contribution in [-0.2, 0) is 11.3 Å². The van der Waals surface area contributed by atoms with Gasteiger partial charge < -0.3 is 9.64 Å². The maximum absolute atomic E-state index is 11.5. The Balaban J connectivity index is 2.21. The summed E-state index contributed by atoms with van der Waals surface area (Å²) in [6.07, 6.45) is 0. The summed E-state index contributed by atoms with van der Waals surface area (Å²) >= 11 is 0. The molecule has 0 aliphatic carbocycles. The average Bonchev–Trinajstić information content (AvgIpc) is 2.35. The van der Waals surface area contributed by atoms with Crippen LogP contribution in [0, 0.1) is 11.3 Å². The lowest BCUT2D eigenvalue weighted by Gasteiger charge is -2.26. The van der Waals surface area contributed by atoms with Crippen molar-refractivity contribution < 1.29 is 9.53 Å². The lowest BCUT2D eigenvalue weighted by molar-refractivity contribution is -0.120. The third-order valence-electron chi connectivity index (χ3n) is 2.90. The van der Waals surface area contributed by atoms with Gasteiger partial charge in [0.05, 0.1) is 18.3 Å². The quantitative estimate of drug-likeness (QED) is 0.745. The minimum Gasteiger partial charge on any atom is -0.482 e. The average molecular weight is 245 g/mol. The number of ether oxygens (including phenoxy) is 1. The lowest BCUT2D eigenvalue weighted by Crippen LogP contribution is -2.35. The number of carbonyl (C=O) groups is 1. The van der Waals surface area contributed by atoms with Gasteiger partial charge in [-0.1, -0.05) is 6.07 Å². The number of hydrogen-bond donors (Lipinski definition) is 0. The highest BCUT2D eigenvalue weighted by Crippen LogP contribution is 2.32. The number of likely N-dealkylation sites (N-methyl/N-ethyl adjacent to an activating group) is 1. The van der Waals surface area contributed by atoms with Crippen molar-refractivity contribution in [3.05, 3.63) is 23.8 Å². The molecule has 0 saturated heterocycles.